The summed E-state index contributed by atoms with van der Waals surface area (Å²) in [5.41, 5.74) is 5.53. The van der Waals surface area contributed by atoms with Gasteiger partial charge in [-0.15, -0.1) is 0 Å². The van der Waals surface area contributed by atoms with E-state index >= 15 is 0 Å². The first-order valence-corrected chi connectivity index (χ1v) is 4.96. The average Bonchev–Trinajstić information content (AvgIpc) is 2.03. The Hall–Kier alpha value is -1.27. The SMILES string of the molecule is COc1ccc(N)c(S(N)(=O)=O)c1. The lowest BCUT2D eigenvalue weighted by molar-refractivity contribution is 0.413. The molecule has 1 aromatic carbocycles. The molecular formula is C7H10N2O3S. The first-order chi connectivity index (χ1) is 5.95. The molecule has 0 amide bonds. The van der Waals surface area contributed by atoms with Crippen molar-refractivity contribution < 1.29 is 13.2 Å². The number of ether oxygens (including phenoxy) is 1. The predicted molar refractivity (Wildman–Crippen MR) is 48.8 cm³/mol. The summed E-state index contributed by atoms with van der Waals surface area (Å²) in [6, 6.07) is 4.27. The lowest BCUT2D eigenvalue weighted by Gasteiger charge is -2.05. The Bertz CT molecular complexity index is 414. The van der Waals surface area contributed by atoms with Gasteiger partial charge in [0.25, 0.3) is 0 Å². The van der Waals surface area contributed by atoms with Gasteiger partial charge in [0, 0.05) is 6.07 Å². The van der Waals surface area contributed by atoms with Crippen LogP contribution in [0.25, 0.3) is 0 Å². The minimum Gasteiger partial charge on any atom is -0.497 e. The van der Waals surface area contributed by atoms with E-state index in [1.165, 1.54) is 19.2 Å². The maximum Gasteiger partial charge on any atom is 0.240 e. The highest BCUT2D eigenvalue weighted by atomic mass is 32.2. The fourth-order valence-corrected chi connectivity index (χ4v) is 1.57. The van der Waals surface area contributed by atoms with Crippen LogP contribution in [0.1, 0.15) is 0 Å². The van der Waals surface area contributed by atoms with E-state index in [9.17, 15) is 8.42 Å². The molecule has 0 aliphatic heterocycles. The summed E-state index contributed by atoms with van der Waals surface area (Å²) < 4.78 is 26.8. The van der Waals surface area contributed by atoms with Gasteiger partial charge in [0.15, 0.2) is 0 Å². The van der Waals surface area contributed by atoms with E-state index in [2.05, 4.69) is 0 Å². The molecule has 0 unspecified atom stereocenters. The van der Waals surface area contributed by atoms with E-state index in [0.717, 1.165) is 0 Å². The molecule has 0 atom stereocenters. The summed E-state index contributed by atoms with van der Waals surface area (Å²) in [4.78, 5) is -0.119. The first-order valence-electron chi connectivity index (χ1n) is 3.41. The van der Waals surface area contributed by atoms with Gasteiger partial charge in [-0.3, -0.25) is 0 Å². The lowest BCUT2D eigenvalue weighted by atomic mass is 10.3. The van der Waals surface area contributed by atoms with Gasteiger partial charge in [-0.2, -0.15) is 0 Å². The van der Waals surface area contributed by atoms with Gasteiger partial charge in [-0.1, -0.05) is 0 Å². The maximum atomic E-state index is 11.0. The van der Waals surface area contributed by atoms with Crippen LogP contribution in [0.5, 0.6) is 5.75 Å². The molecule has 1 aromatic rings. The molecule has 13 heavy (non-hydrogen) atoms. The van der Waals surface area contributed by atoms with Crippen LogP contribution in [0.2, 0.25) is 0 Å². The Morgan fingerprint density at radius 1 is 1.38 bits per heavy atom. The third-order valence-corrected chi connectivity index (χ3v) is 2.49. The minimum atomic E-state index is -3.77. The molecule has 0 heterocycles. The number of methoxy groups -OCH3 is 1. The van der Waals surface area contributed by atoms with Crippen molar-refractivity contribution in [2.24, 2.45) is 5.14 Å². The largest absolute Gasteiger partial charge is 0.497 e. The number of anilines is 1. The summed E-state index contributed by atoms with van der Waals surface area (Å²) in [7, 11) is -2.34. The van der Waals surface area contributed by atoms with Crippen molar-refractivity contribution in [3.8, 4) is 5.75 Å². The molecule has 0 bridgehead atoms. The summed E-state index contributed by atoms with van der Waals surface area (Å²) in [5, 5.41) is 4.92. The zero-order valence-corrected chi connectivity index (χ0v) is 7.84. The molecule has 72 valence electrons. The Morgan fingerprint density at radius 2 is 2.00 bits per heavy atom. The second kappa shape index (κ2) is 3.23. The van der Waals surface area contributed by atoms with E-state index < -0.39 is 10.0 Å². The third-order valence-electron chi connectivity index (χ3n) is 1.53. The Kier molecular flexibility index (Phi) is 2.44. The topological polar surface area (TPSA) is 95.4 Å². The molecule has 4 N–H and O–H groups in total. The van der Waals surface area contributed by atoms with Crippen LogP contribution in [0.15, 0.2) is 23.1 Å². The smallest absolute Gasteiger partial charge is 0.240 e. The van der Waals surface area contributed by atoms with Crippen LogP contribution in [0, 0.1) is 0 Å². The predicted octanol–water partition coefficient (Wildman–Crippen LogP) is -0.0752. The summed E-state index contributed by atoms with van der Waals surface area (Å²) in [6.45, 7) is 0. The van der Waals surface area contributed by atoms with Crippen LogP contribution >= 0.6 is 0 Å². The monoisotopic (exact) mass is 202 g/mol. The number of nitrogen functional groups attached to an aromatic ring is 1. The molecule has 0 radical (unpaired) electrons. The molecule has 0 saturated heterocycles. The highest BCUT2D eigenvalue weighted by molar-refractivity contribution is 7.89. The lowest BCUT2D eigenvalue weighted by Crippen LogP contribution is -2.14. The fourth-order valence-electron chi connectivity index (χ4n) is 0.888. The highest BCUT2D eigenvalue weighted by Gasteiger charge is 2.12. The van der Waals surface area contributed by atoms with Gasteiger partial charge in [0.1, 0.15) is 10.6 Å². The van der Waals surface area contributed by atoms with Gasteiger partial charge in [0.2, 0.25) is 10.0 Å². The highest BCUT2D eigenvalue weighted by Crippen LogP contribution is 2.22. The number of primary sulfonamides is 1. The zero-order chi connectivity index (χ0) is 10.1. The van der Waals surface area contributed by atoms with Gasteiger partial charge in [-0.05, 0) is 12.1 Å². The Morgan fingerprint density at radius 3 is 2.46 bits per heavy atom. The molecule has 1 rings (SSSR count). The quantitative estimate of drug-likeness (QED) is 0.656. The van der Waals surface area contributed by atoms with Crippen LogP contribution in [0.3, 0.4) is 0 Å². The third kappa shape index (κ3) is 2.10. The van der Waals surface area contributed by atoms with Crippen molar-refractivity contribution in [1.82, 2.24) is 0 Å². The molecule has 0 saturated carbocycles. The maximum absolute atomic E-state index is 11.0. The van der Waals surface area contributed by atoms with E-state index in [1.807, 2.05) is 0 Å². The fraction of sp³-hybridized carbons (Fsp3) is 0.143. The van der Waals surface area contributed by atoms with E-state index in [4.69, 9.17) is 15.6 Å². The van der Waals surface area contributed by atoms with Crippen LogP contribution < -0.4 is 15.6 Å². The molecule has 0 aromatic heterocycles. The number of nitrogens with two attached hydrogens (primary N) is 2. The van der Waals surface area contributed by atoms with Crippen molar-refractivity contribution in [1.29, 1.82) is 0 Å². The number of hydrogen-bond donors (Lipinski definition) is 2. The molecule has 0 aliphatic rings. The molecular weight excluding hydrogens is 192 g/mol. The number of rotatable bonds is 2. The molecule has 5 nitrogen and oxygen atoms in total. The van der Waals surface area contributed by atoms with Crippen molar-refractivity contribution in [2.45, 2.75) is 4.90 Å². The summed E-state index contributed by atoms with van der Waals surface area (Å²) in [6.07, 6.45) is 0. The second-order valence-electron chi connectivity index (χ2n) is 2.45. The van der Waals surface area contributed by atoms with Gasteiger partial charge in [0.05, 0.1) is 12.8 Å². The molecule has 0 spiro atoms. The van der Waals surface area contributed by atoms with Crippen molar-refractivity contribution in [2.75, 3.05) is 12.8 Å². The first kappa shape index (κ1) is 9.82. The number of sulfonamides is 1. The summed E-state index contributed by atoms with van der Waals surface area (Å²) >= 11 is 0. The molecule has 0 fully saturated rings. The number of hydrogen-bond acceptors (Lipinski definition) is 4. The van der Waals surface area contributed by atoms with Gasteiger partial charge in [-0.25, -0.2) is 13.6 Å². The van der Waals surface area contributed by atoms with E-state index in [1.54, 1.807) is 6.07 Å². The molecule has 6 heteroatoms. The standard InChI is InChI=1S/C7H10N2O3S/c1-12-5-2-3-6(8)7(4-5)13(9,10)11/h2-4H,8H2,1H3,(H2,9,10,11). The van der Waals surface area contributed by atoms with Crippen LogP contribution in [-0.4, -0.2) is 15.5 Å². The van der Waals surface area contributed by atoms with E-state index in [0.29, 0.717) is 5.75 Å². The van der Waals surface area contributed by atoms with Crippen LogP contribution in [-0.2, 0) is 10.0 Å². The normalized spacial score (nSPS) is 11.2. The van der Waals surface area contributed by atoms with Gasteiger partial charge < -0.3 is 10.5 Å². The zero-order valence-electron chi connectivity index (χ0n) is 7.02. The Labute approximate surface area is 76.4 Å². The molecule has 0 aliphatic carbocycles. The van der Waals surface area contributed by atoms with Gasteiger partial charge >= 0.3 is 0 Å². The van der Waals surface area contributed by atoms with Crippen LogP contribution in [0.4, 0.5) is 5.69 Å². The van der Waals surface area contributed by atoms with E-state index in [-0.39, 0.29) is 10.6 Å². The average molecular weight is 202 g/mol. The number of benzene rings is 1. The van der Waals surface area contributed by atoms with Crippen molar-refractivity contribution in [3.63, 3.8) is 0 Å². The second-order valence-corrected chi connectivity index (χ2v) is 3.98. The Balaban J connectivity index is 3.36. The minimum absolute atomic E-state index is 0.114. The van der Waals surface area contributed by atoms with Crippen molar-refractivity contribution >= 4 is 15.7 Å². The van der Waals surface area contributed by atoms with Crippen molar-refractivity contribution in [3.05, 3.63) is 18.2 Å². The summed E-state index contributed by atoms with van der Waals surface area (Å²) in [5.74, 6) is 0.401.